The van der Waals surface area contributed by atoms with Crippen LogP contribution in [0, 0.1) is 0 Å². The maximum absolute atomic E-state index is 11.7. The fourth-order valence-electron chi connectivity index (χ4n) is 2.32. The first-order valence-corrected chi connectivity index (χ1v) is 7.66. The first-order valence-electron chi connectivity index (χ1n) is 7.66. The van der Waals surface area contributed by atoms with Gasteiger partial charge in [-0.1, -0.05) is 30.3 Å². The largest absolute Gasteiger partial charge is 0.379 e. The van der Waals surface area contributed by atoms with E-state index in [0.717, 1.165) is 45.8 Å². The number of carbonyl (C=O) groups is 1. The third-order valence-corrected chi connectivity index (χ3v) is 3.57. The predicted octanol–water partition coefficient (Wildman–Crippen LogP) is 0.267. The third-order valence-electron chi connectivity index (χ3n) is 3.57. The summed E-state index contributed by atoms with van der Waals surface area (Å²) in [7, 11) is 0. The summed E-state index contributed by atoms with van der Waals surface area (Å²) in [5, 5.41) is 6.12. The molecule has 2 rings (SSSR count). The number of rotatable bonds is 8. The Morgan fingerprint density at radius 3 is 2.67 bits per heavy atom. The molecule has 0 unspecified atom stereocenters. The molecule has 1 heterocycles. The molecule has 21 heavy (non-hydrogen) atoms. The summed E-state index contributed by atoms with van der Waals surface area (Å²) >= 11 is 0. The van der Waals surface area contributed by atoms with Crippen molar-refractivity contribution in [2.24, 2.45) is 0 Å². The monoisotopic (exact) mass is 291 g/mol. The Bertz CT molecular complexity index is 405. The predicted molar refractivity (Wildman–Crippen MR) is 83.3 cm³/mol. The minimum absolute atomic E-state index is 0.0629. The van der Waals surface area contributed by atoms with Gasteiger partial charge in [0.05, 0.1) is 19.8 Å². The number of nitrogens with one attached hydrogen (secondary N) is 2. The average Bonchev–Trinajstić information content (AvgIpc) is 2.54. The Kier molecular flexibility index (Phi) is 7.21. The van der Waals surface area contributed by atoms with E-state index in [1.54, 1.807) is 0 Å². The van der Waals surface area contributed by atoms with Gasteiger partial charge in [-0.2, -0.15) is 0 Å². The van der Waals surface area contributed by atoms with Crippen LogP contribution in [0.15, 0.2) is 30.3 Å². The molecule has 1 fully saturated rings. The van der Waals surface area contributed by atoms with Crippen LogP contribution in [0.4, 0.5) is 0 Å². The average molecular weight is 291 g/mol. The Hall–Kier alpha value is -1.43. The third kappa shape index (κ3) is 6.71. The van der Waals surface area contributed by atoms with Crippen molar-refractivity contribution in [3.05, 3.63) is 35.9 Å². The summed E-state index contributed by atoms with van der Waals surface area (Å²) in [5.41, 5.74) is 1.25. The van der Waals surface area contributed by atoms with Gasteiger partial charge < -0.3 is 15.4 Å². The minimum atomic E-state index is 0.0629. The first kappa shape index (κ1) is 15.9. The van der Waals surface area contributed by atoms with Gasteiger partial charge in [0, 0.05) is 32.7 Å². The molecule has 5 heteroatoms. The zero-order chi connectivity index (χ0) is 14.8. The lowest BCUT2D eigenvalue weighted by atomic mass is 10.1. The van der Waals surface area contributed by atoms with Crippen LogP contribution in [0.2, 0.25) is 0 Å². The SMILES string of the molecule is O=C(CNCCN1CCOCC1)NCCc1ccccc1. The van der Waals surface area contributed by atoms with Crippen molar-refractivity contribution in [1.82, 2.24) is 15.5 Å². The number of benzene rings is 1. The van der Waals surface area contributed by atoms with Crippen LogP contribution in [-0.2, 0) is 16.0 Å². The molecule has 1 saturated heterocycles. The van der Waals surface area contributed by atoms with Crippen molar-refractivity contribution in [1.29, 1.82) is 0 Å². The van der Waals surface area contributed by atoms with Gasteiger partial charge in [0.15, 0.2) is 0 Å². The number of hydrogen-bond donors (Lipinski definition) is 2. The highest BCUT2D eigenvalue weighted by atomic mass is 16.5. The van der Waals surface area contributed by atoms with E-state index in [2.05, 4.69) is 27.7 Å². The van der Waals surface area contributed by atoms with E-state index in [9.17, 15) is 4.79 Å². The van der Waals surface area contributed by atoms with E-state index in [1.165, 1.54) is 5.56 Å². The van der Waals surface area contributed by atoms with Crippen LogP contribution in [0.5, 0.6) is 0 Å². The molecule has 116 valence electrons. The van der Waals surface area contributed by atoms with Crippen LogP contribution in [0.3, 0.4) is 0 Å². The second-order valence-electron chi connectivity index (χ2n) is 5.22. The molecule has 1 aliphatic rings. The summed E-state index contributed by atoms with van der Waals surface area (Å²) in [6.07, 6.45) is 0.875. The highest BCUT2D eigenvalue weighted by Gasteiger charge is 2.09. The maximum Gasteiger partial charge on any atom is 0.233 e. The maximum atomic E-state index is 11.7. The van der Waals surface area contributed by atoms with E-state index < -0.39 is 0 Å². The standard InChI is InChI=1S/C16H25N3O2/c20-16(18-7-6-15-4-2-1-3-5-15)14-17-8-9-19-10-12-21-13-11-19/h1-5,17H,6-14H2,(H,18,20). The summed E-state index contributed by atoms with van der Waals surface area (Å²) in [5.74, 6) is 0.0629. The van der Waals surface area contributed by atoms with Gasteiger partial charge >= 0.3 is 0 Å². The topological polar surface area (TPSA) is 53.6 Å². The number of carbonyl (C=O) groups excluding carboxylic acids is 1. The molecule has 0 saturated carbocycles. The second-order valence-corrected chi connectivity index (χ2v) is 5.22. The molecule has 0 atom stereocenters. The van der Waals surface area contributed by atoms with Gasteiger partial charge in [-0.3, -0.25) is 9.69 Å². The highest BCUT2D eigenvalue weighted by molar-refractivity contribution is 5.77. The minimum Gasteiger partial charge on any atom is -0.379 e. The molecular formula is C16H25N3O2. The molecule has 2 N–H and O–H groups in total. The van der Waals surface area contributed by atoms with Crippen LogP contribution in [-0.4, -0.2) is 63.3 Å². The Morgan fingerprint density at radius 2 is 1.90 bits per heavy atom. The molecule has 0 radical (unpaired) electrons. The van der Waals surface area contributed by atoms with E-state index >= 15 is 0 Å². The fourth-order valence-corrected chi connectivity index (χ4v) is 2.32. The summed E-state index contributed by atoms with van der Waals surface area (Å²) in [4.78, 5) is 14.0. The zero-order valence-corrected chi connectivity index (χ0v) is 12.5. The zero-order valence-electron chi connectivity index (χ0n) is 12.5. The van der Waals surface area contributed by atoms with Gasteiger partial charge in [-0.15, -0.1) is 0 Å². The summed E-state index contributed by atoms with van der Waals surface area (Å²) in [6.45, 7) is 6.51. The molecule has 0 aromatic heterocycles. The smallest absolute Gasteiger partial charge is 0.233 e. The lowest BCUT2D eigenvalue weighted by Gasteiger charge is -2.26. The van der Waals surface area contributed by atoms with Crippen molar-refractivity contribution < 1.29 is 9.53 Å². The van der Waals surface area contributed by atoms with E-state index in [0.29, 0.717) is 13.1 Å². The number of amides is 1. The summed E-state index contributed by atoms with van der Waals surface area (Å²) in [6, 6.07) is 10.2. The van der Waals surface area contributed by atoms with Crippen LogP contribution in [0.1, 0.15) is 5.56 Å². The Morgan fingerprint density at radius 1 is 1.14 bits per heavy atom. The molecule has 1 aromatic carbocycles. The van der Waals surface area contributed by atoms with Crippen LogP contribution < -0.4 is 10.6 Å². The summed E-state index contributed by atoms with van der Waals surface area (Å²) < 4.78 is 5.30. The van der Waals surface area contributed by atoms with E-state index in [1.807, 2.05) is 18.2 Å². The molecule has 1 aromatic rings. The molecule has 5 nitrogen and oxygen atoms in total. The van der Waals surface area contributed by atoms with E-state index in [-0.39, 0.29) is 5.91 Å². The lowest BCUT2D eigenvalue weighted by Crippen LogP contribution is -2.42. The molecule has 0 spiro atoms. The van der Waals surface area contributed by atoms with Gasteiger partial charge in [0.25, 0.3) is 0 Å². The molecule has 0 aliphatic carbocycles. The Balaban J connectivity index is 1.47. The van der Waals surface area contributed by atoms with Crippen molar-refractivity contribution in [2.75, 3.05) is 52.5 Å². The number of morpholine rings is 1. The lowest BCUT2D eigenvalue weighted by molar-refractivity contribution is -0.120. The van der Waals surface area contributed by atoms with Crippen LogP contribution >= 0.6 is 0 Å². The second kappa shape index (κ2) is 9.50. The van der Waals surface area contributed by atoms with Gasteiger partial charge in [0.1, 0.15) is 0 Å². The van der Waals surface area contributed by atoms with Crippen LogP contribution in [0.25, 0.3) is 0 Å². The number of hydrogen-bond acceptors (Lipinski definition) is 4. The van der Waals surface area contributed by atoms with Gasteiger partial charge in [-0.05, 0) is 12.0 Å². The van der Waals surface area contributed by atoms with Gasteiger partial charge in [-0.25, -0.2) is 0 Å². The van der Waals surface area contributed by atoms with Crippen molar-refractivity contribution >= 4 is 5.91 Å². The van der Waals surface area contributed by atoms with Crippen molar-refractivity contribution in [3.63, 3.8) is 0 Å². The van der Waals surface area contributed by atoms with E-state index in [4.69, 9.17) is 4.74 Å². The molecule has 1 aliphatic heterocycles. The first-order chi connectivity index (χ1) is 10.3. The Labute approximate surface area is 126 Å². The molecular weight excluding hydrogens is 266 g/mol. The fraction of sp³-hybridized carbons (Fsp3) is 0.562. The van der Waals surface area contributed by atoms with Crippen molar-refractivity contribution in [3.8, 4) is 0 Å². The number of ether oxygens (including phenoxy) is 1. The van der Waals surface area contributed by atoms with Gasteiger partial charge in [0.2, 0.25) is 5.91 Å². The molecule has 0 bridgehead atoms. The highest BCUT2D eigenvalue weighted by Crippen LogP contribution is 1.98. The van der Waals surface area contributed by atoms with Crippen molar-refractivity contribution in [2.45, 2.75) is 6.42 Å². The number of nitrogens with zero attached hydrogens (tertiary/aromatic N) is 1. The molecule has 1 amide bonds. The quantitative estimate of drug-likeness (QED) is 0.675. The normalized spacial score (nSPS) is 15.8.